The van der Waals surface area contributed by atoms with Crippen molar-refractivity contribution < 1.29 is 4.79 Å². The van der Waals surface area contributed by atoms with Crippen molar-refractivity contribution in [3.05, 3.63) is 34.3 Å². The lowest BCUT2D eigenvalue weighted by Crippen LogP contribution is -2.28. The molecule has 0 unspecified atom stereocenters. The van der Waals surface area contributed by atoms with Gasteiger partial charge in [-0.15, -0.1) is 0 Å². The molecule has 4 heteroatoms. The van der Waals surface area contributed by atoms with E-state index in [4.69, 9.17) is 11.6 Å². The zero-order valence-electron chi connectivity index (χ0n) is 8.76. The largest absolute Gasteiger partial charge is 0.341 e. The van der Waals surface area contributed by atoms with E-state index in [-0.39, 0.29) is 5.91 Å². The minimum absolute atomic E-state index is 0.0422. The molecule has 0 bridgehead atoms. The third kappa shape index (κ3) is 3.21. The molecule has 0 saturated carbocycles. The second-order valence-corrected chi connectivity index (χ2v) is 4.60. The molecule has 2 nitrogen and oxygen atoms in total. The fourth-order valence-electron chi connectivity index (χ4n) is 1.23. The highest BCUT2D eigenvalue weighted by Crippen LogP contribution is 2.18. The summed E-state index contributed by atoms with van der Waals surface area (Å²) in [5.74, 6) is -0.0422. The molecule has 0 N–H and O–H groups in total. The zero-order chi connectivity index (χ0) is 11.4. The summed E-state index contributed by atoms with van der Waals surface area (Å²) in [5.41, 5.74) is 1.62. The molecule has 0 atom stereocenters. The monoisotopic (exact) mass is 289 g/mol. The summed E-state index contributed by atoms with van der Waals surface area (Å²) in [4.78, 5) is 13.5. The first-order valence-corrected chi connectivity index (χ1v) is 6.13. The van der Waals surface area contributed by atoms with Crippen LogP contribution in [0.15, 0.2) is 18.2 Å². The molecule has 1 aromatic rings. The highest BCUT2D eigenvalue weighted by Gasteiger charge is 2.14. The molecule has 15 heavy (non-hydrogen) atoms. The molecule has 0 fully saturated rings. The van der Waals surface area contributed by atoms with Crippen LogP contribution in [0.4, 0.5) is 0 Å². The second kappa shape index (κ2) is 5.52. The third-order valence-corrected chi connectivity index (χ3v) is 2.79. The summed E-state index contributed by atoms with van der Waals surface area (Å²) < 4.78 is 0. The van der Waals surface area contributed by atoms with Gasteiger partial charge < -0.3 is 4.90 Å². The first kappa shape index (κ1) is 12.5. The van der Waals surface area contributed by atoms with Gasteiger partial charge in [-0.1, -0.05) is 33.6 Å². The molecule has 0 spiro atoms. The molecule has 0 aromatic heterocycles. The van der Waals surface area contributed by atoms with Gasteiger partial charge in [-0.05, 0) is 24.6 Å². The minimum Gasteiger partial charge on any atom is -0.341 e. The molecule has 0 aliphatic rings. The van der Waals surface area contributed by atoms with Gasteiger partial charge in [0, 0.05) is 18.9 Å². The number of halogens is 2. The molecule has 82 valence electrons. The van der Waals surface area contributed by atoms with E-state index in [9.17, 15) is 4.79 Å². The molecule has 0 radical (unpaired) electrons. The van der Waals surface area contributed by atoms with E-state index >= 15 is 0 Å². The lowest BCUT2D eigenvalue weighted by atomic mass is 10.1. The topological polar surface area (TPSA) is 20.3 Å². The van der Waals surface area contributed by atoms with Crippen molar-refractivity contribution in [2.75, 3.05) is 18.9 Å². The summed E-state index contributed by atoms with van der Waals surface area (Å²) >= 11 is 9.30. The van der Waals surface area contributed by atoms with Gasteiger partial charge in [0.25, 0.3) is 5.91 Å². The number of carbonyl (C=O) groups is 1. The Balaban J connectivity index is 2.91. The van der Waals surface area contributed by atoms with E-state index in [1.807, 2.05) is 13.0 Å². The van der Waals surface area contributed by atoms with Gasteiger partial charge in [0.1, 0.15) is 0 Å². The van der Waals surface area contributed by atoms with Crippen LogP contribution >= 0.6 is 27.5 Å². The first-order chi connectivity index (χ1) is 7.06. The third-order valence-electron chi connectivity index (χ3n) is 2.12. The van der Waals surface area contributed by atoms with E-state index < -0.39 is 0 Å². The van der Waals surface area contributed by atoms with Gasteiger partial charge in [-0.2, -0.15) is 0 Å². The Morgan fingerprint density at radius 1 is 1.53 bits per heavy atom. The Hall–Kier alpha value is -0.540. The molecule has 0 aliphatic heterocycles. The van der Waals surface area contributed by atoms with E-state index in [0.717, 1.165) is 10.9 Å². The Bertz CT molecular complexity index is 368. The van der Waals surface area contributed by atoms with Crippen LogP contribution in [0.3, 0.4) is 0 Å². The first-order valence-electron chi connectivity index (χ1n) is 4.64. The van der Waals surface area contributed by atoms with Crippen LogP contribution in [-0.4, -0.2) is 29.7 Å². The predicted octanol–water partition coefficient (Wildman–Crippen LogP) is 3.12. The van der Waals surface area contributed by atoms with Crippen LogP contribution in [0.2, 0.25) is 5.02 Å². The molecule has 0 aliphatic carbocycles. The maximum absolute atomic E-state index is 11.9. The summed E-state index contributed by atoms with van der Waals surface area (Å²) in [6.07, 6.45) is 0. The molecule has 1 amide bonds. The van der Waals surface area contributed by atoms with Crippen molar-refractivity contribution in [1.29, 1.82) is 0 Å². The number of nitrogens with zero attached hydrogens (tertiary/aromatic N) is 1. The van der Waals surface area contributed by atoms with Crippen molar-refractivity contribution >= 4 is 33.4 Å². The fourth-order valence-corrected chi connectivity index (χ4v) is 2.08. The number of benzene rings is 1. The van der Waals surface area contributed by atoms with E-state index in [1.54, 1.807) is 24.1 Å². The smallest absolute Gasteiger partial charge is 0.255 e. The highest BCUT2D eigenvalue weighted by molar-refractivity contribution is 9.09. The zero-order valence-corrected chi connectivity index (χ0v) is 11.1. The number of hydrogen-bond donors (Lipinski definition) is 0. The van der Waals surface area contributed by atoms with Crippen LogP contribution in [0, 0.1) is 6.92 Å². The van der Waals surface area contributed by atoms with Gasteiger partial charge in [0.2, 0.25) is 0 Å². The van der Waals surface area contributed by atoms with E-state index in [2.05, 4.69) is 15.9 Å². The molecule has 1 aromatic carbocycles. The Morgan fingerprint density at radius 2 is 2.20 bits per heavy atom. The van der Waals surface area contributed by atoms with Crippen molar-refractivity contribution in [2.45, 2.75) is 6.92 Å². The van der Waals surface area contributed by atoms with Gasteiger partial charge in [-0.25, -0.2) is 0 Å². The minimum atomic E-state index is -0.0422. The average Bonchev–Trinajstić information content (AvgIpc) is 2.17. The van der Waals surface area contributed by atoms with Crippen molar-refractivity contribution in [2.24, 2.45) is 0 Å². The van der Waals surface area contributed by atoms with Gasteiger partial charge in [0.15, 0.2) is 0 Å². The Morgan fingerprint density at radius 3 is 2.73 bits per heavy atom. The normalized spacial score (nSPS) is 10.1. The fraction of sp³-hybridized carbons (Fsp3) is 0.364. The SMILES string of the molecule is Cc1ccc(C(=O)N(C)CCBr)c(Cl)c1. The van der Waals surface area contributed by atoms with E-state index in [0.29, 0.717) is 17.1 Å². The van der Waals surface area contributed by atoms with E-state index in [1.165, 1.54) is 0 Å². The van der Waals surface area contributed by atoms with Gasteiger partial charge >= 0.3 is 0 Å². The predicted molar refractivity (Wildman–Crippen MR) is 66.9 cm³/mol. The van der Waals surface area contributed by atoms with Crippen LogP contribution in [-0.2, 0) is 0 Å². The lowest BCUT2D eigenvalue weighted by Gasteiger charge is -2.16. The van der Waals surface area contributed by atoms with Gasteiger partial charge in [-0.3, -0.25) is 4.79 Å². The second-order valence-electron chi connectivity index (χ2n) is 3.40. The average molecular weight is 291 g/mol. The van der Waals surface area contributed by atoms with Gasteiger partial charge in [0.05, 0.1) is 10.6 Å². The number of rotatable bonds is 3. The van der Waals surface area contributed by atoms with Crippen molar-refractivity contribution in [1.82, 2.24) is 4.90 Å². The number of alkyl halides is 1. The van der Waals surface area contributed by atoms with Crippen LogP contribution in [0.5, 0.6) is 0 Å². The van der Waals surface area contributed by atoms with Crippen molar-refractivity contribution in [3.63, 3.8) is 0 Å². The molecular formula is C11H13BrClNO. The molecule has 0 saturated heterocycles. The standard InChI is InChI=1S/C11H13BrClNO/c1-8-3-4-9(10(13)7-8)11(15)14(2)6-5-12/h3-4,7H,5-6H2,1-2H3. The van der Waals surface area contributed by atoms with Crippen LogP contribution in [0.1, 0.15) is 15.9 Å². The Labute approximate surface area is 103 Å². The van der Waals surface area contributed by atoms with Crippen LogP contribution < -0.4 is 0 Å². The van der Waals surface area contributed by atoms with Crippen molar-refractivity contribution in [3.8, 4) is 0 Å². The highest BCUT2D eigenvalue weighted by atomic mass is 79.9. The summed E-state index contributed by atoms with van der Waals surface area (Å²) in [7, 11) is 1.76. The maximum Gasteiger partial charge on any atom is 0.255 e. The quantitative estimate of drug-likeness (QED) is 0.783. The summed E-state index contributed by atoms with van der Waals surface area (Å²) in [6, 6.07) is 5.46. The summed E-state index contributed by atoms with van der Waals surface area (Å²) in [5, 5.41) is 1.28. The summed E-state index contributed by atoms with van der Waals surface area (Å²) in [6.45, 7) is 2.62. The number of carbonyl (C=O) groups excluding carboxylic acids is 1. The molecule has 1 rings (SSSR count). The number of hydrogen-bond acceptors (Lipinski definition) is 1. The molecule has 0 heterocycles. The molecular weight excluding hydrogens is 277 g/mol. The number of amides is 1. The lowest BCUT2D eigenvalue weighted by molar-refractivity contribution is 0.0804. The Kier molecular flexibility index (Phi) is 4.61. The number of aryl methyl sites for hydroxylation is 1. The van der Waals surface area contributed by atoms with Crippen LogP contribution in [0.25, 0.3) is 0 Å². The maximum atomic E-state index is 11.9.